The SMILES string of the molecule is Cc1csc(NC(=O)C23CC4CC(CC(Br)(C4)C2)C3)n1. The van der Waals surface area contributed by atoms with E-state index in [4.69, 9.17) is 0 Å². The van der Waals surface area contributed by atoms with Gasteiger partial charge in [-0.1, -0.05) is 15.9 Å². The van der Waals surface area contributed by atoms with Gasteiger partial charge in [-0.25, -0.2) is 4.98 Å². The van der Waals surface area contributed by atoms with Crippen LogP contribution < -0.4 is 5.32 Å². The first-order valence-corrected chi connectivity index (χ1v) is 9.06. The Morgan fingerprint density at radius 1 is 1.40 bits per heavy atom. The second-order valence-corrected chi connectivity index (χ2v) is 9.68. The van der Waals surface area contributed by atoms with Crippen LogP contribution in [0.5, 0.6) is 0 Å². The number of rotatable bonds is 2. The molecule has 0 radical (unpaired) electrons. The van der Waals surface area contributed by atoms with Crippen molar-refractivity contribution in [1.29, 1.82) is 0 Å². The molecule has 1 N–H and O–H groups in total. The number of carbonyl (C=O) groups excluding carboxylic acids is 1. The van der Waals surface area contributed by atoms with Crippen LogP contribution in [0.3, 0.4) is 0 Å². The van der Waals surface area contributed by atoms with Gasteiger partial charge in [-0.2, -0.15) is 0 Å². The van der Waals surface area contributed by atoms with Crippen molar-refractivity contribution in [3.63, 3.8) is 0 Å². The molecule has 4 aliphatic carbocycles. The maximum atomic E-state index is 12.9. The zero-order valence-corrected chi connectivity index (χ0v) is 14.0. The average Bonchev–Trinajstić information content (AvgIpc) is 2.71. The van der Waals surface area contributed by atoms with Crippen molar-refractivity contribution in [2.75, 3.05) is 5.32 Å². The molecule has 4 fully saturated rings. The summed E-state index contributed by atoms with van der Waals surface area (Å²) in [6.07, 6.45) is 7.01. The maximum Gasteiger partial charge on any atom is 0.232 e. The molecule has 0 aliphatic heterocycles. The molecule has 1 aromatic heterocycles. The summed E-state index contributed by atoms with van der Waals surface area (Å²) < 4.78 is 0.229. The fourth-order valence-corrected chi connectivity index (χ4v) is 7.19. The molecule has 5 rings (SSSR count). The summed E-state index contributed by atoms with van der Waals surface area (Å²) in [6, 6.07) is 0. The van der Waals surface area contributed by atoms with E-state index in [0.29, 0.717) is 0 Å². The number of nitrogens with zero attached hydrogens (tertiary/aromatic N) is 1. The number of aromatic nitrogens is 1. The van der Waals surface area contributed by atoms with Gasteiger partial charge in [0.15, 0.2) is 5.13 Å². The third kappa shape index (κ3) is 2.05. The van der Waals surface area contributed by atoms with E-state index in [9.17, 15) is 4.79 Å². The fraction of sp³-hybridized carbons (Fsp3) is 0.733. The number of anilines is 1. The van der Waals surface area contributed by atoms with Gasteiger partial charge in [0.05, 0.1) is 11.1 Å². The van der Waals surface area contributed by atoms with E-state index in [-0.39, 0.29) is 15.6 Å². The summed E-state index contributed by atoms with van der Waals surface area (Å²) in [5.41, 5.74) is 0.834. The number of aryl methyl sites for hydroxylation is 1. The number of thiazole rings is 1. The standard InChI is InChI=1S/C15H19BrN2OS/c1-9-7-20-13(17-9)18-12(19)14-3-10-2-11(4-14)6-15(16,5-10)8-14/h7,10-11H,2-6,8H2,1H3,(H,17,18,19). The van der Waals surface area contributed by atoms with Gasteiger partial charge in [0.25, 0.3) is 0 Å². The van der Waals surface area contributed by atoms with E-state index in [1.165, 1.54) is 30.6 Å². The smallest absolute Gasteiger partial charge is 0.232 e. The first-order chi connectivity index (χ1) is 9.46. The lowest BCUT2D eigenvalue weighted by Crippen LogP contribution is -2.57. The van der Waals surface area contributed by atoms with Gasteiger partial charge in [0, 0.05) is 9.70 Å². The molecule has 20 heavy (non-hydrogen) atoms. The molecule has 2 unspecified atom stereocenters. The highest BCUT2D eigenvalue weighted by atomic mass is 79.9. The van der Waals surface area contributed by atoms with Crippen LogP contribution in [0.2, 0.25) is 0 Å². The molecule has 4 bridgehead atoms. The zero-order chi connectivity index (χ0) is 14.0. The van der Waals surface area contributed by atoms with E-state index >= 15 is 0 Å². The molecular weight excluding hydrogens is 336 g/mol. The monoisotopic (exact) mass is 354 g/mol. The molecular formula is C15H19BrN2OS. The Kier molecular flexibility index (Phi) is 2.84. The Labute approximate surface area is 131 Å². The van der Waals surface area contributed by atoms with Crippen molar-refractivity contribution in [3.05, 3.63) is 11.1 Å². The van der Waals surface area contributed by atoms with Crippen molar-refractivity contribution >= 4 is 38.3 Å². The second-order valence-electron chi connectivity index (χ2n) is 7.14. The topological polar surface area (TPSA) is 42.0 Å². The van der Waals surface area contributed by atoms with Gasteiger partial charge in [0.1, 0.15) is 0 Å². The Balaban J connectivity index is 1.59. The lowest BCUT2D eigenvalue weighted by Gasteiger charge is -2.59. The van der Waals surface area contributed by atoms with Crippen LogP contribution in [0.4, 0.5) is 5.13 Å². The molecule has 0 spiro atoms. The Morgan fingerprint density at radius 2 is 2.10 bits per heavy atom. The van der Waals surface area contributed by atoms with E-state index in [1.807, 2.05) is 12.3 Å². The first kappa shape index (κ1) is 13.3. The minimum absolute atomic E-state index is 0.146. The Bertz CT molecular complexity index is 556. The summed E-state index contributed by atoms with van der Waals surface area (Å²) >= 11 is 5.48. The first-order valence-electron chi connectivity index (χ1n) is 7.39. The van der Waals surface area contributed by atoms with Gasteiger partial charge in [-0.15, -0.1) is 11.3 Å². The third-order valence-electron chi connectivity index (χ3n) is 5.31. The van der Waals surface area contributed by atoms with Crippen LogP contribution in [-0.4, -0.2) is 15.2 Å². The number of hydrogen-bond donors (Lipinski definition) is 1. The quantitative estimate of drug-likeness (QED) is 0.811. The summed E-state index contributed by atoms with van der Waals surface area (Å²) in [4.78, 5) is 17.2. The predicted molar refractivity (Wildman–Crippen MR) is 84.3 cm³/mol. The van der Waals surface area contributed by atoms with Gasteiger partial charge in [-0.3, -0.25) is 4.79 Å². The Hall–Kier alpha value is -0.420. The fourth-order valence-electron chi connectivity index (χ4n) is 5.06. The molecule has 0 aromatic carbocycles. The molecule has 108 valence electrons. The summed E-state index contributed by atoms with van der Waals surface area (Å²) in [7, 11) is 0. The Morgan fingerprint density at radius 3 is 2.65 bits per heavy atom. The molecule has 4 saturated carbocycles. The lowest BCUT2D eigenvalue weighted by molar-refractivity contribution is -0.138. The molecule has 4 aliphatic rings. The van der Waals surface area contributed by atoms with E-state index < -0.39 is 0 Å². The zero-order valence-electron chi connectivity index (χ0n) is 11.6. The molecule has 0 saturated heterocycles. The average molecular weight is 355 g/mol. The van der Waals surface area contributed by atoms with Gasteiger partial charge in [-0.05, 0) is 57.3 Å². The van der Waals surface area contributed by atoms with Crippen LogP contribution in [0.25, 0.3) is 0 Å². The van der Waals surface area contributed by atoms with Crippen LogP contribution >= 0.6 is 27.3 Å². The van der Waals surface area contributed by atoms with E-state index in [0.717, 1.165) is 41.9 Å². The molecule has 1 aromatic rings. The summed E-state index contributed by atoms with van der Waals surface area (Å²) in [5, 5.41) is 5.83. The number of carbonyl (C=O) groups is 1. The summed E-state index contributed by atoms with van der Waals surface area (Å²) in [6.45, 7) is 1.96. The largest absolute Gasteiger partial charge is 0.301 e. The van der Waals surface area contributed by atoms with Crippen LogP contribution in [-0.2, 0) is 4.79 Å². The van der Waals surface area contributed by atoms with Crippen molar-refractivity contribution in [3.8, 4) is 0 Å². The minimum atomic E-state index is -0.146. The number of halogens is 1. The number of hydrogen-bond acceptors (Lipinski definition) is 3. The highest BCUT2D eigenvalue weighted by molar-refractivity contribution is 9.10. The van der Waals surface area contributed by atoms with Gasteiger partial charge < -0.3 is 5.32 Å². The molecule has 2 atom stereocenters. The van der Waals surface area contributed by atoms with Gasteiger partial charge in [0.2, 0.25) is 5.91 Å². The highest BCUT2D eigenvalue weighted by Gasteiger charge is 2.59. The lowest BCUT2D eigenvalue weighted by atomic mass is 9.49. The van der Waals surface area contributed by atoms with E-state index in [2.05, 4.69) is 26.2 Å². The number of amides is 1. The van der Waals surface area contributed by atoms with Crippen molar-refractivity contribution in [2.45, 2.75) is 49.8 Å². The van der Waals surface area contributed by atoms with Crippen molar-refractivity contribution < 1.29 is 4.79 Å². The molecule has 1 heterocycles. The number of nitrogens with one attached hydrogen (secondary N) is 1. The summed E-state index contributed by atoms with van der Waals surface area (Å²) in [5.74, 6) is 1.68. The van der Waals surface area contributed by atoms with Gasteiger partial charge >= 0.3 is 0 Å². The van der Waals surface area contributed by atoms with Crippen molar-refractivity contribution in [1.82, 2.24) is 4.98 Å². The predicted octanol–water partition coefficient (Wildman–Crippen LogP) is 4.12. The number of alkyl halides is 1. The minimum Gasteiger partial charge on any atom is -0.301 e. The van der Waals surface area contributed by atoms with Crippen LogP contribution in [0.15, 0.2) is 5.38 Å². The highest BCUT2D eigenvalue weighted by Crippen LogP contribution is 2.64. The van der Waals surface area contributed by atoms with Crippen LogP contribution in [0, 0.1) is 24.2 Å². The molecule has 3 nitrogen and oxygen atoms in total. The maximum absolute atomic E-state index is 12.9. The molecule has 5 heteroatoms. The normalized spacial score (nSPS) is 41.9. The third-order valence-corrected chi connectivity index (χ3v) is 7.11. The molecule has 1 amide bonds. The van der Waals surface area contributed by atoms with E-state index in [1.54, 1.807) is 0 Å². The van der Waals surface area contributed by atoms with Crippen LogP contribution in [0.1, 0.15) is 44.2 Å². The van der Waals surface area contributed by atoms with Crippen molar-refractivity contribution in [2.24, 2.45) is 17.3 Å². The second kappa shape index (κ2) is 4.29.